The summed E-state index contributed by atoms with van der Waals surface area (Å²) in [5, 5.41) is 0. The van der Waals surface area contributed by atoms with Gasteiger partial charge in [0.2, 0.25) is 0 Å². The number of ether oxygens (including phenoxy) is 2. The number of hydrogen-bond acceptors (Lipinski definition) is 3. The SMILES string of the molecule is CC(C)(C)S(=O)N=CC1c2cc(Br)ccc2CC12CCC1(CC2)OCCO1. The molecular weight excluding hydrogens is 426 g/mol. The Morgan fingerprint density at radius 3 is 2.48 bits per heavy atom. The van der Waals surface area contributed by atoms with Gasteiger partial charge in [-0.1, -0.05) is 22.0 Å². The highest BCUT2D eigenvalue weighted by molar-refractivity contribution is 9.10. The molecule has 2 atom stereocenters. The molecule has 1 saturated carbocycles. The highest BCUT2D eigenvalue weighted by atomic mass is 79.9. The van der Waals surface area contributed by atoms with Crippen molar-refractivity contribution in [3.05, 3.63) is 33.8 Å². The topological polar surface area (TPSA) is 47.9 Å². The van der Waals surface area contributed by atoms with Gasteiger partial charge in [-0.3, -0.25) is 0 Å². The first-order chi connectivity index (χ1) is 12.7. The predicted molar refractivity (Wildman–Crippen MR) is 113 cm³/mol. The van der Waals surface area contributed by atoms with E-state index in [0.29, 0.717) is 13.2 Å². The van der Waals surface area contributed by atoms with Crippen LogP contribution in [-0.2, 0) is 26.9 Å². The molecule has 27 heavy (non-hydrogen) atoms. The number of nitrogens with zero attached hydrogens (tertiary/aromatic N) is 1. The van der Waals surface area contributed by atoms with Gasteiger partial charge in [0.25, 0.3) is 0 Å². The maximum Gasteiger partial charge on any atom is 0.168 e. The minimum atomic E-state index is -1.24. The van der Waals surface area contributed by atoms with Crippen molar-refractivity contribution in [2.45, 2.75) is 69.3 Å². The lowest BCUT2D eigenvalue weighted by Crippen LogP contribution is -2.42. The number of benzene rings is 1. The third-order valence-corrected chi connectivity index (χ3v) is 8.15. The molecule has 2 fully saturated rings. The Balaban J connectivity index is 1.64. The molecule has 0 amide bonds. The fourth-order valence-electron chi connectivity index (χ4n) is 4.75. The number of rotatable bonds is 2. The van der Waals surface area contributed by atoms with Gasteiger partial charge in [0.1, 0.15) is 11.0 Å². The molecule has 6 heteroatoms. The van der Waals surface area contributed by atoms with Crippen LogP contribution in [0, 0.1) is 5.41 Å². The average molecular weight is 454 g/mol. The molecule has 1 aromatic rings. The van der Waals surface area contributed by atoms with Crippen LogP contribution in [0.25, 0.3) is 0 Å². The van der Waals surface area contributed by atoms with Gasteiger partial charge in [0.15, 0.2) is 5.79 Å². The molecule has 0 radical (unpaired) electrons. The van der Waals surface area contributed by atoms with Crippen molar-refractivity contribution in [1.29, 1.82) is 0 Å². The molecular formula is C21H28BrNO3S. The molecule has 0 aromatic heterocycles. The van der Waals surface area contributed by atoms with Gasteiger partial charge in [-0.15, -0.1) is 0 Å². The van der Waals surface area contributed by atoms with E-state index in [1.54, 1.807) is 0 Å². The van der Waals surface area contributed by atoms with Gasteiger partial charge < -0.3 is 9.47 Å². The molecule has 1 heterocycles. The Morgan fingerprint density at radius 2 is 1.85 bits per heavy atom. The summed E-state index contributed by atoms with van der Waals surface area (Å²) in [7, 11) is -1.24. The van der Waals surface area contributed by atoms with Gasteiger partial charge in [-0.25, -0.2) is 4.21 Å². The lowest BCUT2D eigenvalue weighted by molar-refractivity contribution is -0.191. The standard InChI is InChI=1S/C21H28BrNO3S/c1-19(2,3)27(24)23-14-18-17-12-16(22)5-4-15(17)13-20(18)6-8-21(9-7-20)25-10-11-26-21/h4-5,12,14,18H,6-11,13H2,1-3H3. The third kappa shape index (κ3) is 3.70. The lowest BCUT2D eigenvalue weighted by Gasteiger charge is -2.44. The smallest absolute Gasteiger partial charge is 0.168 e. The maximum atomic E-state index is 12.5. The molecule has 0 N–H and O–H groups in total. The summed E-state index contributed by atoms with van der Waals surface area (Å²) < 4.78 is 29.7. The zero-order chi connectivity index (χ0) is 19.3. The van der Waals surface area contributed by atoms with Gasteiger partial charge >= 0.3 is 0 Å². The Bertz CT molecular complexity index is 770. The number of fused-ring (bicyclic) bond motifs is 1. The highest BCUT2D eigenvalue weighted by Gasteiger charge is 2.52. The fourth-order valence-corrected chi connectivity index (χ4v) is 5.68. The first-order valence-corrected chi connectivity index (χ1v) is 11.7. The molecule has 1 aromatic carbocycles. The number of halogens is 1. The minimum absolute atomic E-state index is 0.120. The second-order valence-electron chi connectivity index (χ2n) is 9.08. The molecule has 148 valence electrons. The average Bonchev–Trinajstić information content (AvgIpc) is 3.18. The van der Waals surface area contributed by atoms with E-state index >= 15 is 0 Å². The lowest BCUT2D eigenvalue weighted by atomic mass is 9.65. The van der Waals surface area contributed by atoms with E-state index in [9.17, 15) is 4.21 Å². The van der Waals surface area contributed by atoms with Gasteiger partial charge in [-0.2, -0.15) is 4.40 Å². The van der Waals surface area contributed by atoms with E-state index in [-0.39, 0.29) is 21.9 Å². The summed E-state index contributed by atoms with van der Waals surface area (Å²) in [6.45, 7) is 7.31. The Morgan fingerprint density at radius 1 is 1.19 bits per heavy atom. The van der Waals surface area contributed by atoms with Gasteiger partial charge in [-0.05, 0) is 68.7 Å². The van der Waals surface area contributed by atoms with E-state index in [2.05, 4.69) is 38.5 Å². The van der Waals surface area contributed by atoms with Crippen LogP contribution >= 0.6 is 15.9 Å². The van der Waals surface area contributed by atoms with Crippen molar-refractivity contribution < 1.29 is 13.7 Å². The normalized spacial score (nSPS) is 27.5. The van der Waals surface area contributed by atoms with Crippen LogP contribution in [0.5, 0.6) is 0 Å². The Labute approximate surface area is 172 Å². The van der Waals surface area contributed by atoms with Crippen molar-refractivity contribution in [3.8, 4) is 0 Å². The Hall–Kier alpha value is -0.560. The second-order valence-corrected chi connectivity index (χ2v) is 11.9. The van der Waals surface area contributed by atoms with E-state index in [4.69, 9.17) is 9.47 Å². The van der Waals surface area contributed by atoms with Crippen LogP contribution in [0.2, 0.25) is 0 Å². The van der Waals surface area contributed by atoms with Crippen molar-refractivity contribution in [2.24, 2.45) is 9.81 Å². The highest BCUT2D eigenvalue weighted by Crippen LogP contribution is 2.57. The monoisotopic (exact) mass is 453 g/mol. The van der Waals surface area contributed by atoms with Crippen molar-refractivity contribution in [1.82, 2.24) is 0 Å². The van der Waals surface area contributed by atoms with Gasteiger partial charge in [0.05, 0.1) is 18.0 Å². The maximum absolute atomic E-state index is 12.5. The fraction of sp³-hybridized carbons (Fsp3) is 0.667. The second kappa shape index (κ2) is 7.05. The summed E-state index contributed by atoms with van der Waals surface area (Å²) in [4.78, 5) is 0. The van der Waals surface area contributed by atoms with Gasteiger partial charge in [0, 0.05) is 29.4 Å². The molecule has 4 rings (SSSR count). The minimum Gasteiger partial charge on any atom is -0.348 e. The van der Waals surface area contributed by atoms with Crippen LogP contribution < -0.4 is 0 Å². The third-order valence-electron chi connectivity index (χ3n) is 6.30. The van der Waals surface area contributed by atoms with Crippen LogP contribution in [0.4, 0.5) is 0 Å². The zero-order valence-electron chi connectivity index (χ0n) is 16.3. The molecule has 2 unspecified atom stereocenters. The van der Waals surface area contributed by atoms with E-state index in [1.807, 2.05) is 27.0 Å². The predicted octanol–water partition coefficient (Wildman–Crippen LogP) is 4.93. The number of hydrogen-bond donors (Lipinski definition) is 0. The summed E-state index contributed by atoms with van der Waals surface area (Å²) in [5.41, 5.74) is 2.83. The quantitative estimate of drug-likeness (QED) is 0.596. The van der Waals surface area contributed by atoms with Crippen LogP contribution in [-0.4, -0.2) is 34.2 Å². The summed E-state index contributed by atoms with van der Waals surface area (Å²) in [5.74, 6) is -0.175. The summed E-state index contributed by atoms with van der Waals surface area (Å²) in [6.07, 6.45) is 6.96. The van der Waals surface area contributed by atoms with Crippen molar-refractivity contribution in [2.75, 3.05) is 13.2 Å². The van der Waals surface area contributed by atoms with E-state index in [1.165, 1.54) is 11.1 Å². The molecule has 2 spiro atoms. The largest absolute Gasteiger partial charge is 0.348 e. The summed E-state index contributed by atoms with van der Waals surface area (Å²) in [6, 6.07) is 6.56. The van der Waals surface area contributed by atoms with E-state index in [0.717, 1.165) is 36.6 Å². The van der Waals surface area contributed by atoms with Crippen LogP contribution in [0.1, 0.15) is 63.5 Å². The first-order valence-electron chi connectivity index (χ1n) is 9.76. The zero-order valence-corrected chi connectivity index (χ0v) is 18.7. The molecule has 4 nitrogen and oxygen atoms in total. The summed E-state index contributed by atoms with van der Waals surface area (Å²) >= 11 is 3.62. The molecule has 1 aliphatic heterocycles. The first kappa shape index (κ1) is 19.7. The Kier molecular flexibility index (Phi) is 5.15. The van der Waals surface area contributed by atoms with E-state index < -0.39 is 11.0 Å². The van der Waals surface area contributed by atoms with Crippen molar-refractivity contribution in [3.63, 3.8) is 0 Å². The molecule has 3 aliphatic rings. The van der Waals surface area contributed by atoms with Crippen molar-refractivity contribution >= 4 is 33.1 Å². The molecule has 1 saturated heterocycles. The molecule has 0 bridgehead atoms. The van der Waals surface area contributed by atoms with Crippen LogP contribution in [0.15, 0.2) is 27.1 Å². The molecule has 2 aliphatic carbocycles. The van der Waals surface area contributed by atoms with Crippen LogP contribution in [0.3, 0.4) is 0 Å².